The maximum absolute atomic E-state index is 13.9. The van der Waals surface area contributed by atoms with Gasteiger partial charge in [0.25, 0.3) is 0 Å². The average molecular weight is 1950 g/mol. The molecule has 0 aliphatic carbocycles. The molecule has 0 spiro atoms. The van der Waals surface area contributed by atoms with Gasteiger partial charge >= 0.3 is 11.9 Å². The highest BCUT2D eigenvalue weighted by molar-refractivity contribution is 5.83. The number of carboxylic acids is 2. The summed E-state index contributed by atoms with van der Waals surface area (Å²) < 4.78 is 60.0. The predicted octanol–water partition coefficient (Wildman–Crippen LogP) is 17.7. The number of hydrogen-bond donors (Lipinski definition) is 5. The number of carbonyl (C=O) groups excluding carboxylic acids is 4. The SMILES string of the molecule is C=CCN(CC(=O)O)CC(=O)CCc1ccccc1.CCOC(CN(Cc1ccc(C)c(C)n1)C(=O)[C@@H](CC)Cc1c(C)cc(OC)cc1C)OCC.CCOC(CN(Cc1ccc(C)c(C)n1)C(=O)[C@@H](N)Cc1c(C)cc(OC)cc1C)OCC.CCOC(CN)OCC.CCOC(CNCc1ccc(C)c(C)n1)OCC.CC[C@@H](Cc1c(C)cc(OC)cc1C)C(=O)O.Cc1ccc(C=O)nc1C. The molecule has 4 heterocycles. The lowest BCUT2D eigenvalue weighted by molar-refractivity contribution is -0.162. The van der Waals surface area contributed by atoms with Crippen molar-refractivity contribution < 1.29 is 91.1 Å². The summed E-state index contributed by atoms with van der Waals surface area (Å²) in [5, 5.41) is 21.1. The van der Waals surface area contributed by atoms with E-state index in [1.165, 1.54) is 11.1 Å². The molecule has 776 valence electrons. The van der Waals surface area contributed by atoms with E-state index in [-0.39, 0.29) is 61.6 Å². The number of hydrogen-bond acceptors (Lipinski definition) is 25. The Morgan fingerprint density at radius 3 is 1.14 bits per heavy atom. The first kappa shape index (κ1) is 125. The van der Waals surface area contributed by atoms with E-state index in [4.69, 9.17) is 78.8 Å². The fraction of sp³-hybridized carbons (Fsp3) is 0.532. The molecule has 0 aliphatic rings. The Hall–Kier alpha value is -10.6. The smallest absolute Gasteiger partial charge is 0.317 e. The van der Waals surface area contributed by atoms with Crippen molar-refractivity contribution in [1.82, 2.24) is 40.0 Å². The number of aliphatic carboxylic acids is 2. The second-order valence-electron chi connectivity index (χ2n) is 33.9. The van der Waals surface area contributed by atoms with Gasteiger partial charge < -0.3 is 88.9 Å². The number of nitrogens with one attached hydrogen (secondary N) is 1. The Balaban J connectivity index is 0.000000577. The van der Waals surface area contributed by atoms with E-state index in [9.17, 15) is 28.8 Å². The number of nitrogens with zero attached hydrogens (tertiary/aromatic N) is 7. The van der Waals surface area contributed by atoms with Gasteiger partial charge in [0.1, 0.15) is 28.7 Å². The molecule has 0 radical (unpaired) electrons. The first-order valence-corrected chi connectivity index (χ1v) is 48.9. The minimum atomic E-state index is -0.933. The van der Waals surface area contributed by atoms with E-state index in [1.54, 1.807) is 43.3 Å². The van der Waals surface area contributed by atoms with E-state index >= 15 is 0 Å². The van der Waals surface area contributed by atoms with Crippen LogP contribution in [0.15, 0.2) is 128 Å². The third-order valence-corrected chi connectivity index (χ3v) is 23.1. The summed E-state index contributed by atoms with van der Waals surface area (Å²) >= 11 is 0. The topological polar surface area (TPSA) is 370 Å². The summed E-state index contributed by atoms with van der Waals surface area (Å²) in [4.78, 5) is 94.2. The maximum atomic E-state index is 13.9. The van der Waals surface area contributed by atoms with Crippen molar-refractivity contribution in [3.63, 3.8) is 0 Å². The van der Waals surface area contributed by atoms with Gasteiger partial charge in [0.05, 0.1) is 89.6 Å². The number of aryl methyl sites for hydroxylation is 15. The van der Waals surface area contributed by atoms with Gasteiger partial charge in [0.15, 0.2) is 31.4 Å². The van der Waals surface area contributed by atoms with Crippen molar-refractivity contribution in [3.05, 3.63) is 251 Å². The number of carboxylic acid groups (broad SMARTS) is 2. The van der Waals surface area contributed by atoms with E-state index in [2.05, 4.69) is 66.7 Å². The van der Waals surface area contributed by atoms with Crippen LogP contribution in [0.3, 0.4) is 0 Å². The number of aldehydes is 1. The molecule has 140 heavy (non-hydrogen) atoms. The molecule has 0 aliphatic heterocycles. The predicted molar refractivity (Wildman–Crippen MR) is 556 cm³/mol. The number of methoxy groups -OCH3 is 3. The van der Waals surface area contributed by atoms with Crippen LogP contribution >= 0.6 is 0 Å². The normalized spacial score (nSPS) is 11.5. The lowest BCUT2D eigenvalue weighted by Gasteiger charge is -2.31. The zero-order valence-corrected chi connectivity index (χ0v) is 89.2. The van der Waals surface area contributed by atoms with Gasteiger partial charge in [-0.05, 0) is 329 Å². The molecule has 29 nitrogen and oxygen atoms in total. The summed E-state index contributed by atoms with van der Waals surface area (Å²) in [5.74, 6) is 0.348. The molecule has 0 saturated heterocycles. The molecule has 3 atom stereocenters. The molecule has 0 fully saturated rings. The Labute approximate surface area is 836 Å². The van der Waals surface area contributed by atoms with E-state index in [1.807, 2.05) is 240 Å². The number of nitrogens with two attached hydrogens (primary N) is 2. The van der Waals surface area contributed by atoms with E-state index < -0.39 is 30.6 Å². The van der Waals surface area contributed by atoms with Crippen LogP contribution in [0, 0.1) is 109 Å². The van der Waals surface area contributed by atoms with Gasteiger partial charge in [-0.15, -0.1) is 6.58 Å². The number of amides is 2. The number of ketones is 1. The van der Waals surface area contributed by atoms with Crippen molar-refractivity contribution in [2.24, 2.45) is 23.3 Å². The van der Waals surface area contributed by atoms with Crippen LogP contribution in [0.2, 0.25) is 0 Å². The number of carbonyl (C=O) groups is 6. The van der Waals surface area contributed by atoms with Crippen molar-refractivity contribution in [2.45, 2.75) is 262 Å². The van der Waals surface area contributed by atoms with Gasteiger partial charge in [0.2, 0.25) is 11.8 Å². The lowest BCUT2D eigenvalue weighted by atomic mass is 9.90. The molecular formula is C111H168N10O19. The van der Waals surface area contributed by atoms with Crippen LogP contribution < -0.4 is 31.0 Å². The van der Waals surface area contributed by atoms with Gasteiger partial charge in [-0.3, -0.25) is 53.6 Å². The number of ether oxygens (including phenoxy) is 11. The Bertz CT molecular complexity index is 4870. The highest BCUT2D eigenvalue weighted by Gasteiger charge is 2.30. The molecular weight excluding hydrogens is 1780 g/mol. The molecule has 7 N–H and O–H groups in total. The summed E-state index contributed by atoms with van der Waals surface area (Å²) in [6.07, 6.45) is 5.22. The molecule has 8 aromatic rings. The van der Waals surface area contributed by atoms with Gasteiger partial charge in [-0.2, -0.15) is 0 Å². The van der Waals surface area contributed by atoms with Crippen LogP contribution in [0.4, 0.5) is 0 Å². The quantitative estimate of drug-likeness (QED) is 0.0134. The van der Waals surface area contributed by atoms with Crippen LogP contribution in [0.5, 0.6) is 17.2 Å². The minimum Gasteiger partial charge on any atom is -0.497 e. The van der Waals surface area contributed by atoms with Crippen LogP contribution in [-0.4, -0.2) is 232 Å². The third-order valence-electron chi connectivity index (χ3n) is 23.1. The Morgan fingerprint density at radius 1 is 0.436 bits per heavy atom. The molecule has 0 bridgehead atoms. The molecule has 29 heteroatoms. The van der Waals surface area contributed by atoms with Gasteiger partial charge in [-0.25, -0.2) is 0 Å². The second kappa shape index (κ2) is 70.9. The molecule has 4 aromatic heterocycles. The van der Waals surface area contributed by atoms with Crippen LogP contribution in [-0.2, 0) is 107 Å². The first-order chi connectivity index (χ1) is 66.8. The van der Waals surface area contributed by atoms with Crippen molar-refractivity contribution in [3.8, 4) is 17.2 Å². The minimum absolute atomic E-state index is 0.0481. The number of pyridine rings is 4. The molecule has 8 rings (SSSR count). The largest absolute Gasteiger partial charge is 0.497 e. The second-order valence-corrected chi connectivity index (χ2v) is 33.9. The fourth-order valence-corrected chi connectivity index (χ4v) is 14.8. The summed E-state index contributed by atoms with van der Waals surface area (Å²) in [6.45, 7) is 59.5. The molecule has 2 amide bonds. The highest BCUT2D eigenvalue weighted by Crippen LogP contribution is 2.30. The standard InChI is InChI=1S/C28H42N2O4.C26H39N3O4.C15H19NO3.C14H24N2O2.C14H20O3.C8H9NO.C6H15NO2/c1-9-23(16-26-20(5)14-25(32-8)15-21(26)6)28(31)30(18-27(33-10-2)34-11-3)17-24-13-12-19(4)22(7)29-24;1-8-32-25(33-9-2)16-29(15-21-11-10-17(3)20(6)28-21)26(30)24(27)14-23-18(4)12-22(31-7)13-19(23)5;1-2-10-16(12-15(18)19)11-14(17)9-8-13-6-4-3-5-7-13;1-5-17-14(18-6-2)10-15-9-13-8-7-11(3)12(4)16-13;1-5-11(14(15)16)8-13-9(2)6-12(17-4)7-10(13)3;1-6-3-4-8(5-10)9-7(6)2;1-3-8-6(5-7)9-4-2/h12-15,23,27H,9-11,16-18H2,1-8H3;10-13,24-25H,8-9,14-16,27H2,1-7H3;2-7H,1,8-12H2,(H,18,19);7-8,14-15H,5-6,9-10H2,1-4H3;6-7,11H,5,8H2,1-4H3,(H,15,16);3-5H,1-2H3;6H,3-5,7H2,1-2H3/t23-;24-;;;11-;;/m00..0../s1. The van der Waals surface area contributed by atoms with E-state index in [0.29, 0.717) is 136 Å². The number of rotatable bonds is 53. The van der Waals surface area contributed by atoms with Gasteiger partial charge in [-0.1, -0.05) is 74.5 Å². The Morgan fingerprint density at radius 2 is 0.793 bits per heavy atom. The van der Waals surface area contributed by atoms with Crippen LogP contribution in [0.25, 0.3) is 0 Å². The molecule has 0 saturated carbocycles. The first-order valence-electron chi connectivity index (χ1n) is 48.9. The fourth-order valence-electron chi connectivity index (χ4n) is 14.8. The summed E-state index contributed by atoms with van der Waals surface area (Å²) in [7, 11) is 4.97. The third kappa shape index (κ3) is 48.2. The lowest BCUT2D eigenvalue weighted by Crippen LogP contribution is -2.48. The molecule has 0 unspecified atom stereocenters. The van der Waals surface area contributed by atoms with Crippen LogP contribution in [0.1, 0.15) is 217 Å². The van der Waals surface area contributed by atoms with E-state index in [0.717, 1.165) is 143 Å². The zero-order valence-electron chi connectivity index (χ0n) is 89.2. The number of Topliss-reactive ketones (excluding diaryl/α,β-unsaturated/α-hetero) is 1. The average Bonchev–Trinajstić information content (AvgIpc) is 0.826. The number of aromatic nitrogens is 4. The summed E-state index contributed by atoms with van der Waals surface area (Å²) in [6, 6.07) is 36.8. The van der Waals surface area contributed by atoms with Gasteiger partial charge in [0, 0.05) is 114 Å². The van der Waals surface area contributed by atoms with Crippen molar-refractivity contribution in [1.29, 1.82) is 0 Å². The molecule has 4 aromatic carbocycles. The Kier molecular flexibility index (Phi) is 63.5. The van der Waals surface area contributed by atoms with Crippen molar-refractivity contribution >= 4 is 35.8 Å². The van der Waals surface area contributed by atoms with Crippen molar-refractivity contribution in [2.75, 3.05) is 120 Å². The number of benzene rings is 4. The monoisotopic (exact) mass is 1950 g/mol. The zero-order chi connectivity index (χ0) is 105. The summed E-state index contributed by atoms with van der Waals surface area (Å²) in [5.41, 5.74) is 34.6. The highest BCUT2D eigenvalue weighted by atomic mass is 16.7. The maximum Gasteiger partial charge on any atom is 0.317 e.